The van der Waals surface area contributed by atoms with Gasteiger partial charge in [0.15, 0.2) is 5.16 Å². The van der Waals surface area contributed by atoms with Gasteiger partial charge in [-0.3, -0.25) is 4.79 Å². The Morgan fingerprint density at radius 1 is 1.71 bits per heavy atom. The summed E-state index contributed by atoms with van der Waals surface area (Å²) >= 11 is 1.27. The molecule has 1 heterocycles. The number of nitrogens with zero attached hydrogens (tertiary/aromatic N) is 1. The van der Waals surface area contributed by atoms with Gasteiger partial charge in [0.1, 0.15) is 5.82 Å². The van der Waals surface area contributed by atoms with E-state index in [9.17, 15) is 9.59 Å². The number of carbonyl (C=O) groups excluding carboxylic acids is 1. The fourth-order valence-electron chi connectivity index (χ4n) is 0.983. The van der Waals surface area contributed by atoms with Gasteiger partial charge in [0.05, 0.1) is 6.61 Å². The number of hydrogen-bond acceptors (Lipinski definition) is 6. The second kappa shape index (κ2) is 6.74. The van der Waals surface area contributed by atoms with Crippen molar-refractivity contribution in [3.8, 4) is 0 Å². The number of thioether (sulfide) groups is 1. The zero-order valence-electron chi connectivity index (χ0n) is 9.30. The van der Waals surface area contributed by atoms with Crippen molar-refractivity contribution in [3.63, 3.8) is 0 Å². The average Bonchev–Trinajstić information content (AvgIpc) is 2.23. The summed E-state index contributed by atoms with van der Waals surface area (Å²) in [6.45, 7) is 2.09. The molecule has 3 N–H and O–H groups in total. The highest BCUT2D eigenvalue weighted by molar-refractivity contribution is 7.99. The van der Waals surface area contributed by atoms with Crippen LogP contribution in [0.25, 0.3) is 0 Å². The Bertz CT molecular complexity index is 470. The van der Waals surface area contributed by atoms with Crippen LogP contribution in [0.4, 0.5) is 5.82 Å². The van der Waals surface area contributed by atoms with Crippen LogP contribution in [0.2, 0.25) is 0 Å². The maximum atomic E-state index is 11.1. The summed E-state index contributed by atoms with van der Waals surface area (Å²) in [5.74, 6) is 0.276. The summed E-state index contributed by atoms with van der Waals surface area (Å²) in [5.41, 5.74) is 5.12. The van der Waals surface area contributed by atoms with Gasteiger partial charge in [-0.05, 0) is 6.92 Å². The van der Waals surface area contributed by atoms with Gasteiger partial charge in [-0.25, -0.2) is 9.78 Å². The van der Waals surface area contributed by atoms with Crippen molar-refractivity contribution in [2.45, 2.75) is 12.1 Å². The smallest absolute Gasteiger partial charge is 0.330 e. The summed E-state index contributed by atoms with van der Waals surface area (Å²) in [6.07, 6.45) is 2.97. The monoisotopic (exact) mass is 255 g/mol. The summed E-state index contributed by atoms with van der Waals surface area (Å²) in [4.78, 5) is 28.5. The molecule has 1 aromatic heterocycles. The zero-order chi connectivity index (χ0) is 12.7. The van der Waals surface area contributed by atoms with Gasteiger partial charge >= 0.3 is 5.97 Å². The highest BCUT2D eigenvalue weighted by Crippen LogP contribution is 2.11. The molecule has 1 rings (SSSR count). The lowest BCUT2D eigenvalue weighted by molar-refractivity contribution is -0.137. The third-order valence-electron chi connectivity index (χ3n) is 1.60. The molecule has 0 fully saturated rings. The van der Waals surface area contributed by atoms with Gasteiger partial charge in [-0.1, -0.05) is 17.8 Å². The second-order valence-electron chi connectivity index (χ2n) is 2.94. The van der Waals surface area contributed by atoms with Crippen LogP contribution in [-0.4, -0.2) is 28.3 Å². The molecule has 92 valence electrons. The number of carbonyl (C=O) groups is 1. The predicted octanol–water partition coefficient (Wildman–Crippen LogP) is 0.564. The van der Waals surface area contributed by atoms with Crippen molar-refractivity contribution in [3.05, 3.63) is 28.6 Å². The van der Waals surface area contributed by atoms with Crippen molar-refractivity contribution in [1.29, 1.82) is 0 Å². The van der Waals surface area contributed by atoms with E-state index in [2.05, 4.69) is 9.97 Å². The van der Waals surface area contributed by atoms with Crippen LogP contribution in [0.3, 0.4) is 0 Å². The molecule has 0 bridgehead atoms. The molecule has 0 aliphatic rings. The molecule has 0 amide bonds. The molecule has 17 heavy (non-hydrogen) atoms. The van der Waals surface area contributed by atoms with E-state index >= 15 is 0 Å². The molecule has 0 aromatic carbocycles. The Morgan fingerprint density at radius 2 is 2.47 bits per heavy atom. The van der Waals surface area contributed by atoms with E-state index in [1.54, 1.807) is 13.0 Å². The lowest BCUT2D eigenvalue weighted by Gasteiger charge is -1.98. The molecule has 0 unspecified atom stereocenters. The number of rotatable bonds is 5. The molecule has 0 spiro atoms. The van der Waals surface area contributed by atoms with Crippen LogP contribution in [0, 0.1) is 0 Å². The molecule has 0 radical (unpaired) electrons. The third-order valence-corrected chi connectivity index (χ3v) is 2.42. The van der Waals surface area contributed by atoms with Gasteiger partial charge < -0.3 is 15.5 Å². The molecule has 7 heteroatoms. The fourth-order valence-corrected chi connectivity index (χ4v) is 1.68. The minimum atomic E-state index is -0.387. The largest absolute Gasteiger partial charge is 0.463 e. The van der Waals surface area contributed by atoms with E-state index < -0.39 is 0 Å². The van der Waals surface area contributed by atoms with Crippen molar-refractivity contribution >= 4 is 23.5 Å². The third kappa shape index (κ3) is 5.21. The maximum Gasteiger partial charge on any atom is 0.330 e. The van der Waals surface area contributed by atoms with E-state index in [1.807, 2.05) is 0 Å². The minimum Gasteiger partial charge on any atom is -0.463 e. The normalized spacial score (nSPS) is 10.6. The fraction of sp³-hybridized carbons (Fsp3) is 0.300. The Balaban J connectivity index is 2.45. The highest BCUT2D eigenvalue weighted by atomic mass is 32.2. The number of H-pyrrole nitrogens is 1. The number of anilines is 1. The first-order chi connectivity index (χ1) is 8.11. The van der Waals surface area contributed by atoms with E-state index in [0.29, 0.717) is 17.5 Å². The first-order valence-electron chi connectivity index (χ1n) is 4.94. The first-order valence-corrected chi connectivity index (χ1v) is 5.93. The lowest BCUT2D eigenvalue weighted by Crippen LogP contribution is -2.09. The Kier molecular flexibility index (Phi) is 5.28. The summed E-state index contributed by atoms with van der Waals surface area (Å²) in [5, 5.41) is 0.420. The standard InChI is InChI=1S/C10H13N3O3S/c1-2-16-9(15)4-3-5-17-10-12-7(11)6-8(14)13-10/h3-4,6H,2,5H2,1H3,(H3,11,12,13,14)/b4-3+. The molecule has 1 aromatic rings. The Morgan fingerprint density at radius 3 is 3.12 bits per heavy atom. The van der Waals surface area contributed by atoms with Crippen LogP contribution in [0.1, 0.15) is 6.92 Å². The Labute approximate surface area is 102 Å². The van der Waals surface area contributed by atoms with Crippen molar-refractivity contribution in [2.24, 2.45) is 0 Å². The molecule has 0 aliphatic carbocycles. The SMILES string of the molecule is CCOC(=O)/C=C/CSc1nc(N)cc(=O)[nH]1. The van der Waals surface area contributed by atoms with Crippen LogP contribution in [-0.2, 0) is 9.53 Å². The zero-order valence-corrected chi connectivity index (χ0v) is 10.1. The summed E-state index contributed by atoms with van der Waals surface area (Å²) in [6, 6.07) is 1.21. The number of hydrogen-bond donors (Lipinski definition) is 2. The van der Waals surface area contributed by atoms with E-state index in [1.165, 1.54) is 23.9 Å². The van der Waals surface area contributed by atoms with Gasteiger partial charge in [0.25, 0.3) is 5.56 Å². The summed E-state index contributed by atoms with van der Waals surface area (Å²) in [7, 11) is 0. The second-order valence-corrected chi connectivity index (χ2v) is 3.95. The topological polar surface area (TPSA) is 98.1 Å². The van der Waals surface area contributed by atoms with E-state index in [-0.39, 0.29) is 17.3 Å². The van der Waals surface area contributed by atoms with Gasteiger partial charge in [-0.15, -0.1) is 0 Å². The molecule has 0 aliphatic heterocycles. The number of nitrogens with one attached hydrogen (secondary N) is 1. The number of aromatic amines is 1. The molecule has 0 saturated carbocycles. The molecule has 0 saturated heterocycles. The first kappa shape index (κ1) is 13.3. The number of aromatic nitrogens is 2. The quantitative estimate of drug-likeness (QED) is 0.345. The van der Waals surface area contributed by atoms with Gasteiger partial charge in [-0.2, -0.15) is 0 Å². The van der Waals surface area contributed by atoms with Crippen molar-refractivity contribution < 1.29 is 9.53 Å². The van der Waals surface area contributed by atoms with E-state index in [0.717, 1.165) is 0 Å². The number of ether oxygens (including phenoxy) is 1. The molecule has 6 nitrogen and oxygen atoms in total. The van der Waals surface area contributed by atoms with E-state index in [4.69, 9.17) is 10.5 Å². The number of nitrogen functional groups attached to an aromatic ring is 1. The number of nitrogens with two attached hydrogens (primary N) is 1. The molecular formula is C10H13N3O3S. The highest BCUT2D eigenvalue weighted by Gasteiger charge is 1.98. The average molecular weight is 255 g/mol. The lowest BCUT2D eigenvalue weighted by atomic mass is 10.5. The van der Waals surface area contributed by atoms with Gasteiger partial charge in [0.2, 0.25) is 0 Å². The van der Waals surface area contributed by atoms with Crippen molar-refractivity contribution in [1.82, 2.24) is 9.97 Å². The molecule has 0 atom stereocenters. The summed E-state index contributed by atoms with van der Waals surface area (Å²) < 4.78 is 4.70. The Hall–Kier alpha value is -1.76. The van der Waals surface area contributed by atoms with Crippen LogP contribution < -0.4 is 11.3 Å². The number of esters is 1. The minimum absolute atomic E-state index is 0.172. The molecular weight excluding hydrogens is 242 g/mol. The van der Waals surface area contributed by atoms with Crippen LogP contribution in [0.5, 0.6) is 0 Å². The predicted molar refractivity (Wildman–Crippen MR) is 65.8 cm³/mol. The van der Waals surface area contributed by atoms with Crippen LogP contribution in [0.15, 0.2) is 28.2 Å². The maximum absolute atomic E-state index is 11.1. The van der Waals surface area contributed by atoms with Crippen molar-refractivity contribution in [2.75, 3.05) is 18.1 Å². The van der Waals surface area contributed by atoms with Gasteiger partial charge in [0, 0.05) is 17.9 Å². The van der Waals surface area contributed by atoms with Crippen LogP contribution >= 0.6 is 11.8 Å².